The van der Waals surface area contributed by atoms with Gasteiger partial charge in [0.05, 0.1) is 12.2 Å². The summed E-state index contributed by atoms with van der Waals surface area (Å²) >= 11 is 0. The molecule has 0 aliphatic carbocycles. The standard InChI is InChI=1S/C37H69NO2/c1-6-9-12-15-18-21-24-27-31-36-34(29-25-22-19-16-13-10-7-2)35(30-26-23-20-17-14-11-8-3)39-37(40-36)32-28-33-38(4)5/h18-23,34-37H,6-17,24-33H2,1-5H3/b21-18-,22-19-,23-20-. The van der Waals surface area contributed by atoms with Crippen LogP contribution in [0.1, 0.15) is 156 Å². The summed E-state index contributed by atoms with van der Waals surface area (Å²) in [5.41, 5.74) is 0. The highest BCUT2D eigenvalue weighted by Crippen LogP contribution is 2.35. The predicted octanol–water partition coefficient (Wildman–Crippen LogP) is 11.2. The summed E-state index contributed by atoms with van der Waals surface area (Å²) in [4.78, 5) is 2.27. The van der Waals surface area contributed by atoms with Crippen LogP contribution in [-0.4, -0.2) is 44.0 Å². The van der Waals surface area contributed by atoms with Crippen molar-refractivity contribution in [1.82, 2.24) is 4.90 Å². The molecule has 40 heavy (non-hydrogen) atoms. The maximum Gasteiger partial charge on any atom is 0.158 e. The van der Waals surface area contributed by atoms with E-state index in [0.717, 1.165) is 45.1 Å². The van der Waals surface area contributed by atoms with Gasteiger partial charge < -0.3 is 14.4 Å². The third-order valence-electron chi connectivity index (χ3n) is 8.22. The molecule has 0 aromatic rings. The molecule has 0 spiro atoms. The van der Waals surface area contributed by atoms with E-state index >= 15 is 0 Å². The Bertz CT molecular complexity index is 626. The Hall–Kier alpha value is -0.900. The fourth-order valence-electron chi connectivity index (χ4n) is 5.74. The van der Waals surface area contributed by atoms with Crippen molar-refractivity contribution in [2.75, 3.05) is 20.6 Å². The molecule has 0 bridgehead atoms. The summed E-state index contributed by atoms with van der Waals surface area (Å²) in [5, 5.41) is 0. The van der Waals surface area contributed by atoms with Crippen LogP contribution in [0.4, 0.5) is 0 Å². The van der Waals surface area contributed by atoms with Crippen LogP contribution >= 0.6 is 0 Å². The lowest BCUT2D eigenvalue weighted by atomic mass is 9.84. The fraction of sp³-hybridized carbons (Fsp3) is 0.838. The number of allylic oxidation sites excluding steroid dienone is 6. The van der Waals surface area contributed by atoms with Gasteiger partial charge in [-0.15, -0.1) is 0 Å². The molecule has 1 fully saturated rings. The number of ether oxygens (including phenoxy) is 2. The van der Waals surface area contributed by atoms with E-state index in [1.165, 1.54) is 96.3 Å². The first-order chi connectivity index (χ1) is 19.6. The number of hydrogen-bond donors (Lipinski definition) is 0. The summed E-state index contributed by atoms with van der Waals surface area (Å²) in [6, 6.07) is 0. The first kappa shape index (κ1) is 37.1. The molecule has 0 saturated carbocycles. The zero-order valence-corrected chi connectivity index (χ0v) is 27.6. The molecule has 234 valence electrons. The molecule has 1 rings (SSSR count). The van der Waals surface area contributed by atoms with Crippen LogP contribution in [0.15, 0.2) is 36.5 Å². The molecule has 4 atom stereocenters. The number of rotatable bonds is 26. The second kappa shape index (κ2) is 27.0. The molecular formula is C37H69NO2. The lowest BCUT2D eigenvalue weighted by molar-refractivity contribution is -0.274. The van der Waals surface area contributed by atoms with Gasteiger partial charge in [-0.05, 0) is 117 Å². The van der Waals surface area contributed by atoms with Crippen LogP contribution in [0.5, 0.6) is 0 Å². The van der Waals surface area contributed by atoms with Gasteiger partial charge in [0.1, 0.15) is 0 Å². The van der Waals surface area contributed by atoms with E-state index < -0.39 is 0 Å². The van der Waals surface area contributed by atoms with Crippen molar-refractivity contribution in [3.8, 4) is 0 Å². The molecule has 0 radical (unpaired) electrons. The Balaban J connectivity index is 2.80. The minimum absolute atomic E-state index is 0.0473. The summed E-state index contributed by atoms with van der Waals surface area (Å²) in [5.74, 6) is 0.493. The van der Waals surface area contributed by atoms with Crippen molar-refractivity contribution in [2.24, 2.45) is 5.92 Å². The van der Waals surface area contributed by atoms with Gasteiger partial charge in [-0.25, -0.2) is 0 Å². The fourth-order valence-corrected chi connectivity index (χ4v) is 5.74. The van der Waals surface area contributed by atoms with Gasteiger partial charge in [-0.2, -0.15) is 0 Å². The lowest BCUT2D eigenvalue weighted by Gasteiger charge is -2.43. The van der Waals surface area contributed by atoms with E-state index in [-0.39, 0.29) is 6.29 Å². The average molecular weight is 560 g/mol. The summed E-state index contributed by atoms with van der Waals surface area (Å²) in [7, 11) is 4.31. The molecule has 3 heteroatoms. The van der Waals surface area contributed by atoms with Crippen molar-refractivity contribution in [2.45, 2.75) is 174 Å². The lowest BCUT2D eigenvalue weighted by Crippen LogP contribution is -2.46. The van der Waals surface area contributed by atoms with E-state index in [2.05, 4.69) is 76.2 Å². The molecule has 1 aliphatic heterocycles. The zero-order chi connectivity index (χ0) is 29.1. The van der Waals surface area contributed by atoms with E-state index in [4.69, 9.17) is 9.47 Å². The summed E-state index contributed by atoms with van der Waals surface area (Å²) in [6.07, 6.45) is 40.8. The Labute approximate surface area is 251 Å². The van der Waals surface area contributed by atoms with Crippen molar-refractivity contribution >= 4 is 0 Å². The highest BCUT2D eigenvalue weighted by atomic mass is 16.7. The van der Waals surface area contributed by atoms with Crippen LogP contribution in [-0.2, 0) is 9.47 Å². The first-order valence-electron chi connectivity index (χ1n) is 17.5. The molecule has 4 unspecified atom stereocenters. The maximum atomic E-state index is 6.75. The summed E-state index contributed by atoms with van der Waals surface area (Å²) < 4.78 is 13.5. The minimum Gasteiger partial charge on any atom is -0.349 e. The number of nitrogens with zero attached hydrogens (tertiary/aromatic N) is 1. The van der Waals surface area contributed by atoms with Crippen molar-refractivity contribution in [3.63, 3.8) is 0 Å². The maximum absolute atomic E-state index is 6.75. The molecule has 1 heterocycles. The van der Waals surface area contributed by atoms with Crippen LogP contribution in [0.25, 0.3) is 0 Å². The van der Waals surface area contributed by atoms with Gasteiger partial charge in [0.2, 0.25) is 0 Å². The van der Waals surface area contributed by atoms with Gasteiger partial charge in [0, 0.05) is 5.92 Å². The highest BCUT2D eigenvalue weighted by Gasteiger charge is 2.37. The Morgan fingerprint density at radius 1 is 0.475 bits per heavy atom. The van der Waals surface area contributed by atoms with E-state index in [0.29, 0.717) is 18.1 Å². The van der Waals surface area contributed by atoms with Crippen molar-refractivity contribution in [3.05, 3.63) is 36.5 Å². The SMILES string of the molecule is CCCCC/C=C\CCCC1OC(CCCN(C)C)OC(CC/C=C\CCCCC)C1CC/C=C\CCCCC. The highest BCUT2D eigenvalue weighted by molar-refractivity contribution is 4.91. The monoisotopic (exact) mass is 560 g/mol. The van der Waals surface area contributed by atoms with Gasteiger partial charge in [0.15, 0.2) is 6.29 Å². The largest absolute Gasteiger partial charge is 0.349 e. The molecule has 0 N–H and O–H groups in total. The predicted molar refractivity (Wildman–Crippen MR) is 177 cm³/mol. The second-order valence-electron chi connectivity index (χ2n) is 12.4. The third-order valence-corrected chi connectivity index (χ3v) is 8.22. The van der Waals surface area contributed by atoms with Gasteiger partial charge >= 0.3 is 0 Å². The van der Waals surface area contributed by atoms with Crippen LogP contribution in [0, 0.1) is 5.92 Å². The van der Waals surface area contributed by atoms with Crippen LogP contribution < -0.4 is 0 Å². The first-order valence-corrected chi connectivity index (χ1v) is 17.5. The van der Waals surface area contributed by atoms with Crippen molar-refractivity contribution < 1.29 is 9.47 Å². The number of unbranched alkanes of at least 4 members (excludes halogenated alkanes) is 10. The summed E-state index contributed by atoms with van der Waals surface area (Å²) in [6.45, 7) is 7.93. The van der Waals surface area contributed by atoms with E-state index in [1.807, 2.05) is 0 Å². The minimum atomic E-state index is -0.0473. The van der Waals surface area contributed by atoms with Gasteiger partial charge in [-0.1, -0.05) is 95.8 Å². The molecule has 3 nitrogen and oxygen atoms in total. The second-order valence-corrected chi connectivity index (χ2v) is 12.4. The Morgan fingerprint density at radius 2 is 0.925 bits per heavy atom. The zero-order valence-electron chi connectivity index (χ0n) is 27.6. The molecule has 1 saturated heterocycles. The molecule has 0 amide bonds. The molecule has 1 aliphatic rings. The Kier molecular flexibility index (Phi) is 25.0. The molecule has 0 aromatic heterocycles. The van der Waals surface area contributed by atoms with Gasteiger partial charge in [-0.3, -0.25) is 0 Å². The molecule has 0 aromatic carbocycles. The molecular weight excluding hydrogens is 490 g/mol. The van der Waals surface area contributed by atoms with Crippen molar-refractivity contribution in [1.29, 1.82) is 0 Å². The van der Waals surface area contributed by atoms with Crippen LogP contribution in [0.3, 0.4) is 0 Å². The Morgan fingerprint density at radius 3 is 1.43 bits per heavy atom. The van der Waals surface area contributed by atoms with Crippen LogP contribution in [0.2, 0.25) is 0 Å². The van der Waals surface area contributed by atoms with E-state index in [1.54, 1.807) is 0 Å². The quantitative estimate of drug-likeness (QED) is 0.0777. The third kappa shape index (κ3) is 20.1. The van der Waals surface area contributed by atoms with Gasteiger partial charge in [0.25, 0.3) is 0 Å². The smallest absolute Gasteiger partial charge is 0.158 e. The normalized spacial score (nSPS) is 22.1. The number of hydrogen-bond acceptors (Lipinski definition) is 3. The average Bonchev–Trinajstić information content (AvgIpc) is 2.94. The topological polar surface area (TPSA) is 21.7 Å². The van der Waals surface area contributed by atoms with E-state index in [9.17, 15) is 0 Å².